The van der Waals surface area contributed by atoms with Crippen molar-refractivity contribution >= 4 is 0 Å². The van der Waals surface area contributed by atoms with E-state index in [0.717, 1.165) is 123 Å². The van der Waals surface area contributed by atoms with Crippen molar-refractivity contribution in [3.8, 4) is 0 Å². The van der Waals surface area contributed by atoms with Gasteiger partial charge in [-0.3, -0.25) is 5.73 Å². The maximum Gasteiger partial charge on any atom is 0.110 e. The molecule has 823 valence electrons. The summed E-state index contributed by atoms with van der Waals surface area (Å²) in [6, 6.07) is 0. The molecule has 0 amide bonds. The van der Waals surface area contributed by atoms with E-state index < -0.39 is 0 Å². The van der Waals surface area contributed by atoms with Crippen molar-refractivity contribution in [1.82, 2.24) is 5.73 Å². The van der Waals surface area contributed by atoms with E-state index >= 15 is 0 Å². The van der Waals surface area contributed by atoms with Crippen molar-refractivity contribution in [2.75, 3.05) is 59.4 Å². The van der Waals surface area contributed by atoms with Crippen molar-refractivity contribution in [3.63, 3.8) is 0 Å². The Morgan fingerprint density at radius 1 is 0.138 bits per heavy atom. The number of ether oxygens (including phenoxy) is 8. The van der Waals surface area contributed by atoms with Crippen molar-refractivity contribution < 1.29 is 37.9 Å². The molecule has 3 fully saturated rings. The smallest absolute Gasteiger partial charge is 0.110 e. The van der Waals surface area contributed by atoms with E-state index in [0.29, 0.717) is 31.6 Å². The highest BCUT2D eigenvalue weighted by Crippen LogP contribution is 2.38. The van der Waals surface area contributed by atoms with Crippen LogP contribution in [0.25, 0.3) is 0 Å². The van der Waals surface area contributed by atoms with E-state index in [2.05, 4.69) is 41.5 Å². The minimum atomic E-state index is -0.0438. The quantitative estimate of drug-likeness (QED) is 0.0556. The zero-order chi connectivity index (χ0) is 98.2. The fourth-order valence-electron chi connectivity index (χ4n) is 23.5. The summed E-state index contributed by atoms with van der Waals surface area (Å²) < 4.78 is 58.0. The molecule has 3 saturated carbocycles. The predicted molar refractivity (Wildman–Crippen MR) is 606 cm³/mol. The summed E-state index contributed by atoms with van der Waals surface area (Å²) in [4.78, 5) is 0. The van der Waals surface area contributed by atoms with Crippen LogP contribution in [0.5, 0.6) is 0 Å². The Bertz CT molecular complexity index is 2030. The second kappa shape index (κ2) is 108. The van der Waals surface area contributed by atoms with E-state index in [1.54, 1.807) is 0 Å². The van der Waals surface area contributed by atoms with E-state index in [9.17, 15) is 0 Å². The van der Waals surface area contributed by atoms with Crippen LogP contribution in [0.3, 0.4) is 0 Å². The minimum Gasteiger partial charge on any atom is -0.378 e. The summed E-state index contributed by atoms with van der Waals surface area (Å²) in [5.74, 6) is 0.933. The first kappa shape index (κ1) is 132. The molecule has 0 aromatic rings. The zero-order valence-electron chi connectivity index (χ0n) is 95.3. The molecule has 9 heteroatoms. The molecule has 1 radical (unpaired) electrons. The standard InChI is InChI=1S/C129H254NO8/c1-7-13-19-25-31-37-43-49-55-61-67-73-79-85-91-97-103-131-124-111-120(112-125(132-104-98-92-86-80-74-68-62-56-50-44-38-32-26-20-14-8-2)128(124)135-107-101-95-89-83-77-71-65-59-53-47-41-35-29-23-17-11-5)117-137-122-109-119(116-130)110-123(115-122)138-118-121-113-126(133-105-99-93-87-81-75-69-63-57-51-45-39-33-27-21-15-9-3)129(136-108-102-96-90-84-78-72-66-60-54-48-42-36-30-24-18-12-6)127(114-121)134-106-100-94-88-82-76-70-64-58-52-46-40-34-28-22-16-10-4/h119-130H,7-118H2,1-6H3. The average molecular weight is 1950 g/mol. The van der Waals surface area contributed by atoms with E-state index in [1.165, 1.54) is 578 Å². The summed E-state index contributed by atoms with van der Waals surface area (Å²) in [6.45, 7) is 20.6. The third-order valence-electron chi connectivity index (χ3n) is 32.8. The maximum atomic E-state index is 8.97. The molecule has 0 bridgehead atoms. The van der Waals surface area contributed by atoms with Crippen molar-refractivity contribution in [2.24, 2.45) is 17.8 Å². The van der Waals surface area contributed by atoms with Gasteiger partial charge in [-0.1, -0.05) is 619 Å². The van der Waals surface area contributed by atoms with Gasteiger partial charge in [0.05, 0.1) is 36.6 Å². The molecule has 138 heavy (non-hydrogen) atoms. The highest BCUT2D eigenvalue weighted by Gasteiger charge is 2.43. The highest BCUT2D eigenvalue weighted by molar-refractivity contribution is 4.93. The van der Waals surface area contributed by atoms with E-state index in [4.69, 9.17) is 43.6 Å². The minimum absolute atomic E-state index is 0.00621. The van der Waals surface area contributed by atoms with Gasteiger partial charge >= 0.3 is 0 Å². The van der Waals surface area contributed by atoms with E-state index in [-0.39, 0.29) is 54.7 Å². The Balaban J connectivity index is 1.78. The summed E-state index contributed by atoms with van der Waals surface area (Å²) in [7, 11) is 0. The normalized spacial score (nSPS) is 19.8. The molecule has 0 heterocycles. The van der Waals surface area contributed by atoms with Crippen molar-refractivity contribution in [3.05, 3.63) is 0 Å². The topological polar surface area (TPSA) is 97.6 Å². The predicted octanol–water partition coefficient (Wildman–Crippen LogP) is 42.5. The molecule has 0 aliphatic heterocycles. The fraction of sp³-hybridized carbons (Fsp3) is 1.00. The monoisotopic (exact) mass is 1950 g/mol. The lowest BCUT2D eigenvalue weighted by molar-refractivity contribution is -0.180. The number of unbranched alkanes of at least 4 members (excludes halogenated alkanes) is 90. The molecule has 3 aliphatic carbocycles. The lowest BCUT2D eigenvalue weighted by Crippen LogP contribution is -2.50. The van der Waals surface area contributed by atoms with Crippen LogP contribution in [0.2, 0.25) is 0 Å². The van der Waals surface area contributed by atoms with Gasteiger partial charge in [0.1, 0.15) is 12.2 Å². The summed E-state index contributed by atoms with van der Waals surface area (Å²) in [5, 5.41) is 0. The van der Waals surface area contributed by atoms with Gasteiger partial charge in [0.25, 0.3) is 0 Å². The molecule has 0 aromatic heterocycles. The summed E-state index contributed by atoms with van der Waals surface area (Å²) >= 11 is 0. The van der Waals surface area contributed by atoms with Crippen LogP contribution in [0, 0.1) is 17.8 Å². The maximum absolute atomic E-state index is 8.97. The third-order valence-corrected chi connectivity index (χ3v) is 32.8. The van der Waals surface area contributed by atoms with Gasteiger partial charge in [0.2, 0.25) is 0 Å². The molecule has 0 saturated heterocycles. The first-order chi connectivity index (χ1) is 68.5. The lowest BCUT2D eigenvalue weighted by atomic mass is 9.82. The largest absolute Gasteiger partial charge is 0.378 e. The van der Waals surface area contributed by atoms with Crippen LogP contribution in [0.1, 0.15) is 703 Å². The van der Waals surface area contributed by atoms with Crippen molar-refractivity contribution in [2.45, 2.75) is 752 Å². The van der Waals surface area contributed by atoms with Gasteiger partial charge in [0, 0.05) is 59.4 Å². The van der Waals surface area contributed by atoms with Crippen LogP contribution in [-0.4, -0.2) is 108 Å². The molecule has 0 aromatic carbocycles. The molecule has 6 atom stereocenters. The summed E-state index contributed by atoms with van der Waals surface area (Å²) in [5.41, 5.74) is 8.97. The lowest BCUT2D eigenvalue weighted by Gasteiger charge is -2.43. The number of rotatable bonds is 115. The summed E-state index contributed by atoms with van der Waals surface area (Å²) in [6.07, 6.45) is 139. The number of nitrogens with one attached hydrogen (secondary N) is 1. The zero-order valence-corrected chi connectivity index (χ0v) is 95.3. The molecular weight excluding hydrogens is 1690 g/mol. The molecule has 1 N–H and O–H groups in total. The first-order valence-electron chi connectivity index (χ1n) is 65.1. The van der Waals surface area contributed by atoms with E-state index in [1.807, 2.05) is 0 Å². The molecule has 3 rings (SSSR count). The molecular formula is C129H254NO8. The second-order valence-electron chi connectivity index (χ2n) is 46.5. The third kappa shape index (κ3) is 85.4. The number of hydrogen-bond acceptors (Lipinski definition) is 8. The molecule has 0 spiro atoms. The SMILES string of the molecule is CCCCCCCCCCCCCCCCCCOC1CC(COC2CC(C[NH])CC(OCC3CC(OCCCCCCCCCCCCCCCCCC)C(OCCCCCCCCCCCCCCCCCC)C(OCCCCCCCCCCCCCCCCCC)C3)C2)CC(OCCCCCCCCCCCCCCCCCC)C1OCCCCCCCCCCCCCCCCCC. The van der Waals surface area contributed by atoms with Gasteiger partial charge in [-0.15, -0.1) is 0 Å². The Morgan fingerprint density at radius 2 is 0.268 bits per heavy atom. The van der Waals surface area contributed by atoms with Gasteiger partial charge < -0.3 is 37.9 Å². The molecule has 3 aliphatic rings. The van der Waals surface area contributed by atoms with Gasteiger partial charge in [-0.25, -0.2) is 0 Å². The Kier molecular flexibility index (Phi) is 103. The Morgan fingerprint density at radius 3 is 0.406 bits per heavy atom. The van der Waals surface area contributed by atoms with Crippen LogP contribution in [0.4, 0.5) is 0 Å². The Labute approximate surface area is 867 Å². The van der Waals surface area contributed by atoms with Crippen LogP contribution in [0.15, 0.2) is 0 Å². The van der Waals surface area contributed by atoms with Gasteiger partial charge in [0.15, 0.2) is 0 Å². The Hall–Kier alpha value is -0.360. The second-order valence-corrected chi connectivity index (χ2v) is 46.5. The molecule has 9 nitrogen and oxygen atoms in total. The van der Waals surface area contributed by atoms with Crippen LogP contribution >= 0.6 is 0 Å². The molecule has 6 unspecified atom stereocenters. The first-order valence-corrected chi connectivity index (χ1v) is 65.1. The number of hydrogen-bond donors (Lipinski definition) is 0. The highest BCUT2D eigenvalue weighted by atomic mass is 16.6. The van der Waals surface area contributed by atoms with Crippen molar-refractivity contribution in [1.29, 1.82) is 0 Å². The fourth-order valence-corrected chi connectivity index (χ4v) is 23.5. The van der Waals surface area contributed by atoms with Crippen LogP contribution in [-0.2, 0) is 37.9 Å². The van der Waals surface area contributed by atoms with Gasteiger partial charge in [-0.2, -0.15) is 0 Å². The van der Waals surface area contributed by atoms with Gasteiger partial charge in [-0.05, 0) is 101 Å². The van der Waals surface area contributed by atoms with Crippen LogP contribution < -0.4 is 5.73 Å². The average Bonchev–Trinajstić information content (AvgIpc) is 0.823.